The van der Waals surface area contributed by atoms with Crippen LogP contribution in [0.4, 0.5) is 10.5 Å². The Kier molecular flexibility index (Phi) is 6.03. The Balaban J connectivity index is 1.32. The molecule has 2 heterocycles. The highest BCUT2D eigenvalue weighted by Crippen LogP contribution is 2.28. The summed E-state index contributed by atoms with van der Waals surface area (Å²) in [6.07, 6.45) is -0.574. The van der Waals surface area contributed by atoms with Crippen LogP contribution in [0, 0.1) is 10.1 Å². The maximum absolute atomic E-state index is 13.0. The van der Waals surface area contributed by atoms with Crippen molar-refractivity contribution in [2.45, 2.75) is 32.0 Å². The highest BCUT2D eigenvalue weighted by molar-refractivity contribution is 6.05. The van der Waals surface area contributed by atoms with Crippen LogP contribution in [0.1, 0.15) is 34.3 Å². The lowest BCUT2D eigenvalue weighted by molar-refractivity contribution is -0.384. The number of piperidine rings is 1. The summed E-state index contributed by atoms with van der Waals surface area (Å²) in [6, 6.07) is 11.8. The average molecular weight is 452 g/mol. The first-order valence-electron chi connectivity index (χ1n) is 10.2. The van der Waals surface area contributed by atoms with E-state index in [2.05, 4.69) is 5.32 Å². The first-order chi connectivity index (χ1) is 15.8. The summed E-state index contributed by atoms with van der Waals surface area (Å²) in [5.74, 6) is -1.26. The van der Waals surface area contributed by atoms with Gasteiger partial charge in [-0.05, 0) is 35.7 Å². The van der Waals surface area contributed by atoms with Crippen molar-refractivity contribution < 1.29 is 28.8 Å². The number of amides is 4. The summed E-state index contributed by atoms with van der Waals surface area (Å²) in [5.41, 5.74) is 1.82. The van der Waals surface area contributed by atoms with Crippen LogP contribution in [0.5, 0.6) is 0 Å². The highest BCUT2D eigenvalue weighted by Gasteiger charge is 2.42. The van der Waals surface area contributed by atoms with Crippen LogP contribution < -0.4 is 5.32 Å². The van der Waals surface area contributed by atoms with Crippen LogP contribution in [-0.2, 0) is 27.5 Å². The molecule has 11 heteroatoms. The Morgan fingerprint density at radius 3 is 2.55 bits per heavy atom. The van der Waals surface area contributed by atoms with Gasteiger partial charge in [0, 0.05) is 30.7 Å². The fourth-order valence-corrected chi connectivity index (χ4v) is 3.86. The molecule has 2 aliphatic heterocycles. The SMILES string of the molecule is O=C(NCN1C(=O)CCC(N2Cc3ccccc3C2=O)C1=O)OCc1ccc([N+](=O)[O-])cc1. The fourth-order valence-electron chi connectivity index (χ4n) is 3.86. The fraction of sp³-hybridized carbons (Fsp3) is 0.273. The number of nitro groups is 1. The highest BCUT2D eigenvalue weighted by atomic mass is 16.6. The predicted octanol–water partition coefficient (Wildman–Crippen LogP) is 1.95. The number of nitro benzene ring substituents is 1. The molecule has 1 saturated heterocycles. The summed E-state index contributed by atoms with van der Waals surface area (Å²) < 4.78 is 5.04. The number of hydrogen-bond donors (Lipinski definition) is 1. The van der Waals surface area contributed by atoms with E-state index in [1.165, 1.54) is 29.2 Å². The van der Waals surface area contributed by atoms with Crippen molar-refractivity contribution in [3.63, 3.8) is 0 Å². The van der Waals surface area contributed by atoms with Gasteiger partial charge in [0.2, 0.25) is 5.91 Å². The number of fused-ring (bicyclic) bond motifs is 1. The molecule has 4 rings (SSSR count). The van der Waals surface area contributed by atoms with Gasteiger partial charge in [-0.1, -0.05) is 18.2 Å². The van der Waals surface area contributed by atoms with Crippen LogP contribution >= 0.6 is 0 Å². The second kappa shape index (κ2) is 9.07. The maximum Gasteiger partial charge on any atom is 0.408 e. The zero-order chi connectivity index (χ0) is 23.5. The predicted molar refractivity (Wildman–Crippen MR) is 112 cm³/mol. The van der Waals surface area contributed by atoms with Gasteiger partial charge in [0.1, 0.15) is 19.3 Å². The average Bonchev–Trinajstić information content (AvgIpc) is 3.14. The number of hydrogen-bond acceptors (Lipinski definition) is 7. The zero-order valence-corrected chi connectivity index (χ0v) is 17.4. The molecular weight excluding hydrogens is 432 g/mol. The van der Waals surface area contributed by atoms with E-state index in [9.17, 15) is 29.3 Å². The lowest BCUT2D eigenvalue weighted by atomic mass is 10.0. The number of benzene rings is 2. The number of non-ortho nitro benzene ring substituents is 1. The number of carbonyl (C=O) groups is 4. The van der Waals surface area contributed by atoms with Gasteiger partial charge in [-0.2, -0.15) is 0 Å². The summed E-state index contributed by atoms with van der Waals surface area (Å²) in [5, 5.41) is 13.0. The van der Waals surface area contributed by atoms with E-state index >= 15 is 0 Å². The van der Waals surface area contributed by atoms with E-state index in [1.807, 2.05) is 12.1 Å². The van der Waals surface area contributed by atoms with E-state index in [4.69, 9.17) is 4.74 Å². The first-order valence-corrected chi connectivity index (χ1v) is 10.2. The number of nitrogens with one attached hydrogen (secondary N) is 1. The van der Waals surface area contributed by atoms with Gasteiger partial charge in [0.25, 0.3) is 17.5 Å². The molecule has 0 radical (unpaired) electrons. The van der Waals surface area contributed by atoms with Crippen LogP contribution in [0.15, 0.2) is 48.5 Å². The Morgan fingerprint density at radius 2 is 1.85 bits per heavy atom. The summed E-state index contributed by atoms with van der Waals surface area (Å²) >= 11 is 0. The van der Waals surface area contributed by atoms with Crippen LogP contribution in [0.2, 0.25) is 0 Å². The quantitative estimate of drug-likeness (QED) is 0.401. The molecule has 2 aliphatic rings. The molecule has 0 aliphatic carbocycles. The third kappa shape index (κ3) is 4.52. The van der Waals surface area contributed by atoms with Gasteiger partial charge in [-0.25, -0.2) is 4.79 Å². The van der Waals surface area contributed by atoms with Gasteiger partial charge in [-0.3, -0.25) is 29.4 Å². The Bertz CT molecular complexity index is 1130. The monoisotopic (exact) mass is 452 g/mol. The van der Waals surface area contributed by atoms with Crippen molar-refractivity contribution in [1.82, 2.24) is 15.1 Å². The second-order valence-electron chi connectivity index (χ2n) is 7.64. The molecule has 1 fully saturated rings. The molecule has 0 saturated carbocycles. The van der Waals surface area contributed by atoms with Crippen molar-refractivity contribution in [2.75, 3.05) is 6.67 Å². The topological polar surface area (TPSA) is 139 Å². The Morgan fingerprint density at radius 1 is 1.12 bits per heavy atom. The molecule has 33 heavy (non-hydrogen) atoms. The number of nitrogens with zero attached hydrogens (tertiary/aromatic N) is 3. The van der Waals surface area contributed by atoms with Crippen LogP contribution in [0.3, 0.4) is 0 Å². The molecule has 2 aromatic carbocycles. The van der Waals surface area contributed by atoms with Crippen molar-refractivity contribution in [2.24, 2.45) is 0 Å². The normalized spacial score (nSPS) is 17.7. The molecule has 1 N–H and O–H groups in total. The van der Waals surface area contributed by atoms with Crippen molar-refractivity contribution >= 4 is 29.5 Å². The van der Waals surface area contributed by atoms with Gasteiger partial charge in [-0.15, -0.1) is 0 Å². The van der Waals surface area contributed by atoms with E-state index in [1.54, 1.807) is 12.1 Å². The number of imide groups is 1. The molecule has 170 valence electrons. The standard InChI is InChI=1S/C22H20N4O7/c27-19-10-9-18(24-11-15-3-1-2-4-17(15)20(24)28)21(29)25(19)13-23-22(30)33-12-14-5-7-16(8-6-14)26(31)32/h1-8,18H,9-13H2,(H,23,30). The maximum atomic E-state index is 13.0. The van der Waals surface area contributed by atoms with Gasteiger partial charge in [0.05, 0.1) is 4.92 Å². The Hall–Kier alpha value is -4.28. The number of rotatable bonds is 6. The lowest BCUT2D eigenvalue weighted by Gasteiger charge is -2.35. The van der Waals surface area contributed by atoms with Gasteiger partial charge in [0.15, 0.2) is 0 Å². The van der Waals surface area contributed by atoms with Gasteiger partial charge >= 0.3 is 6.09 Å². The minimum absolute atomic E-state index is 0.0655. The van der Waals surface area contributed by atoms with E-state index in [-0.39, 0.29) is 44.3 Å². The van der Waals surface area contributed by atoms with Crippen molar-refractivity contribution in [3.8, 4) is 0 Å². The smallest absolute Gasteiger partial charge is 0.408 e. The third-order valence-corrected chi connectivity index (χ3v) is 5.61. The minimum atomic E-state index is -0.860. The largest absolute Gasteiger partial charge is 0.445 e. The van der Waals surface area contributed by atoms with Gasteiger partial charge < -0.3 is 15.0 Å². The molecular formula is C22H20N4O7. The first kappa shape index (κ1) is 21.9. The number of likely N-dealkylation sites (tertiary alicyclic amines) is 1. The summed E-state index contributed by atoms with van der Waals surface area (Å²) in [7, 11) is 0. The minimum Gasteiger partial charge on any atom is -0.445 e. The van der Waals surface area contributed by atoms with E-state index in [0.717, 1.165) is 10.5 Å². The number of alkyl carbamates (subject to hydrolysis) is 1. The molecule has 0 aromatic heterocycles. The molecule has 1 unspecified atom stereocenters. The molecule has 1 atom stereocenters. The molecule has 11 nitrogen and oxygen atoms in total. The van der Waals surface area contributed by atoms with Crippen molar-refractivity contribution in [3.05, 3.63) is 75.3 Å². The third-order valence-electron chi connectivity index (χ3n) is 5.61. The Labute approximate surface area is 188 Å². The second-order valence-corrected chi connectivity index (χ2v) is 7.64. The summed E-state index contributed by atoms with van der Waals surface area (Å²) in [4.78, 5) is 62.5. The van der Waals surface area contributed by atoms with E-state index in [0.29, 0.717) is 11.1 Å². The van der Waals surface area contributed by atoms with Crippen molar-refractivity contribution in [1.29, 1.82) is 0 Å². The van der Waals surface area contributed by atoms with Crippen LogP contribution in [-0.4, -0.2) is 51.2 Å². The number of carbonyl (C=O) groups excluding carboxylic acids is 4. The van der Waals surface area contributed by atoms with E-state index < -0.39 is 28.9 Å². The number of ether oxygens (including phenoxy) is 1. The molecule has 0 bridgehead atoms. The molecule has 0 spiro atoms. The zero-order valence-electron chi connectivity index (χ0n) is 17.4. The van der Waals surface area contributed by atoms with Crippen LogP contribution in [0.25, 0.3) is 0 Å². The summed E-state index contributed by atoms with van der Waals surface area (Å²) in [6.45, 7) is -0.241. The lowest BCUT2D eigenvalue weighted by Crippen LogP contribution is -2.57. The molecule has 2 aromatic rings. The molecule has 4 amide bonds.